The molecule has 0 saturated heterocycles. The molecule has 3 amide bonds. The van der Waals surface area contributed by atoms with Gasteiger partial charge >= 0.3 is 11.8 Å². The van der Waals surface area contributed by atoms with Crippen LogP contribution in [0.5, 0.6) is 11.5 Å². The van der Waals surface area contributed by atoms with Gasteiger partial charge in [-0.2, -0.15) is 5.10 Å². The molecule has 192 valence electrons. The zero-order valence-corrected chi connectivity index (χ0v) is 20.6. The molecule has 0 atom stereocenters. The molecular formula is C27H27FN4O5. The van der Waals surface area contributed by atoms with Crippen molar-refractivity contribution >= 4 is 35.3 Å². The number of nitrogens with one attached hydrogen (secondary N) is 3. The minimum absolute atomic E-state index is 0.119. The van der Waals surface area contributed by atoms with Crippen LogP contribution in [0, 0.1) is 19.7 Å². The second kappa shape index (κ2) is 12.8. The molecule has 0 aliphatic carbocycles. The van der Waals surface area contributed by atoms with Gasteiger partial charge in [0.05, 0.1) is 18.5 Å². The Bertz CT molecular complexity index is 1330. The van der Waals surface area contributed by atoms with E-state index in [1.54, 1.807) is 25.1 Å². The summed E-state index contributed by atoms with van der Waals surface area (Å²) in [6.07, 6.45) is 1.30. The minimum atomic E-state index is -1.07. The van der Waals surface area contributed by atoms with Crippen LogP contribution in [-0.2, 0) is 14.4 Å². The Labute approximate surface area is 213 Å². The summed E-state index contributed by atoms with van der Waals surface area (Å²) in [4.78, 5) is 36.3. The van der Waals surface area contributed by atoms with Crippen LogP contribution in [0.2, 0.25) is 0 Å². The van der Waals surface area contributed by atoms with E-state index in [4.69, 9.17) is 9.47 Å². The lowest BCUT2D eigenvalue weighted by Gasteiger charge is -2.14. The number of hydrogen-bond acceptors (Lipinski definition) is 6. The summed E-state index contributed by atoms with van der Waals surface area (Å²) in [5, 5.41) is 8.75. The number of halogens is 1. The summed E-state index contributed by atoms with van der Waals surface area (Å²) >= 11 is 0. The first kappa shape index (κ1) is 26.9. The Balaban J connectivity index is 1.58. The van der Waals surface area contributed by atoms with E-state index in [1.807, 2.05) is 32.0 Å². The third-order valence-electron chi connectivity index (χ3n) is 5.21. The van der Waals surface area contributed by atoms with Gasteiger partial charge in [0.15, 0.2) is 18.1 Å². The summed E-state index contributed by atoms with van der Waals surface area (Å²) in [6, 6.07) is 16.0. The molecule has 9 nitrogen and oxygen atoms in total. The molecule has 0 unspecified atom stereocenters. The SMILES string of the molecule is CCOc1cc(/C=N\NC(=O)C(=O)Nc2ccccc2F)ccc1OCC(=O)Nc1cccc(C)c1C. The lowest BCUT2D eigenvalue weighted by molar-refractivity contribution is -0.136. The number of hydrazone groups is 1. The first-order chi connectivity index (χ1) is 17.8. The lowest BCUT2D eigenvalue weighted by Crippen LogP contribution is -2.32. The monoisotopic (exact) mass is 506 g/mol. The van der Waals surface area contributed by atoms with Crippen LogP contribution in [-0.4, -0.2) is 37.1 Å². The number of carbonyl (C=O) groups is 3. The Kier molecular flexibility index (Phi) is 9.31. The summed E-state index contributed by atoms with van der Waals surface area (Å²) < 4.78 is 24.9. The van der Waals surface area contributed by atoms with Gasteiger partial charge in [0.25, 0.3) is 5.91 Å². The number of nitrogens with zero attached hydrogens (tertiary/aromatic N) is 1. The van der Waals surface area contributed by atoms with Gasteiger partial charge in [0, 0.05) is 5.69 Å². The highest BCUT2D eigenvalue weighted by atomic mass is 19.1. The molecule has 0 spiro atoms. The van der Waals surface area contributed by atoms with Crippen molar-refractivity contribution in [2.24, 2.45) is 5.10 Å². The predicted octanol–water partition coefficient (Wildman–Crippen LogP) is 3.95. The highest BCUT2D eigenvalue weighted by Crippen LogP contribution is 2.28. The number of aryl methyl sites for hydroxylation is 1. The molecule has 3 aromatic rings. The number of carbonyl (C=O) groups excluding carboxylic acids is 3. The minimum Gasteiger partial charge on any atom is -0.490 e. The van der Waals surface area contributed by atoms with E-state index < -0.39 is 17.6 Å². The van der Waals surface area contributed by atoms with Gasteiger partial charge < -0.3 is 20.1 Å². The zero-order valence-electron chi connectivity index (χ0n) is 20.6. The van der Waals surface area contributed by atoms with Crippen molar-refractivity contribution in [2.75, 3.05) is 23.8 Å². The van der Waals surface area contributed by atoms with Gasteiger partial charge in [-0.05, 0) is 73.9 Å². The molecule has 3 rings (SSSR count). The maximum absolute atomic E-state index is 13.6. The molecule has 0 bridgehead atoms. The molecule has 10 heteroatoms. The van der Waals surface area contributed by atoms with Crippen LogP contribution in [0.4, 0.5) is 15.8 Å². The number of hydrogen-bond donors (Lipinski definition) is 3. The predicted molar refractivity (Wildman–Crippen MR) is 138 cm³/mol. The van der Waals surface area contributed by atoms with Gasteiger partial charge in [-0.3, -0.25) is 14.4 Å². The number of ether oxygens (including phenoxy) is 2. The standard InChI is InChI=1S/C27H27FN4O5/c1-4-36-24-14-19(15-29-32-27(35)26(34)31-22-10-6-5-9-20(22)28)12-13-23(24)37-16-25(33)30-21-11-7-8-17(2)18(21)3/h5-15H,4,16H2,1-3H3,(H,30,33)(H,31,34)(H,32,35)/b29-15-. The molecule has 0 fully saturated rings. The van der Waals surface area contributed by atoms with Gasteiger partial charge in [0.2, 0.25) is 0 Å². The first-order valence-corrected chi connectivity index (χ1v) is 11.4. The molecule has 37 heavy (non-hydrogen) atoms. The summed E-state index contributed by atoms with van der Waals surface area (Å²) in [7, 11) is 0. The maximum Gasteiger partial charge on any atom is 0.329 e. The zero-order chi connectivity index (χ0) is 26.8. The van der Waals surface area contributed by atoms with Crippen LogP contribution < -0.4 is 25.5 Å². The molecule has 3 aromatic carbocycles. The van der Waals surface area contributed by atoms with E-state index >= 15 is 0 Å². The quantitative estimate of drug-likeness (QED) is 0.231. The number of anilines is 2. The summed E-state index contributed by atoms with van der Waals surface area (Å²) in [6.45, 7) is 5.81. The number of amides is 3. The Morgan fingerprint density at radius 3 is 2.41 bits per heavy atom. The van der Waals surface area contributed by atoms with Gasteiger partial charge in [-0.15, -0.1) is 0 Å². The van der Waals surface area contributed by atoms with Crippen LogP contribution in [0.1, 0.15) is 23.6 Å². The number of benzene rings is 3. The van der Waals surface area contributed by atoms with Crippen LogP contribution in [0.25, 0.3) is 0 Å². The van der Waals surface area contributed by atoms with E-state index in [0.29, 0.717) is 23.7 Å². The van der Waals surface area contributed by atoms with E-state index in [2.05, 4.69) is 21.2 Å². The Morgan fingerprint density at radius 2 is 1.65 bits per heavy atom. The van der Waals surface area contributed by atoms with Crippen molar-refractivity contribution in [1.82, 2.24) is 5.43 Å². The second-order valence-corrected chi connectivity index (χ2v) is 7.86. The molecular weight excluding hydrogens is 479 g/mol. The largest absolute Gasteiger partial charge is 0.490 e. The van der Waals surface area contributed by atoms with E-state index in [-0.39, 0.29) is 18.2 Å². The summed E-state index contributed by atoms with van der Waals surface area (Å²) in [5.41, 5.74) is 5.25. The van der Waals surface area contributed by atoms with Crippen molar-refractivity contribution in [3.63, 3.8) is 0 Å². The Morgan fingerprint density at radius 1 is 0.892 bits per heavy atom. The second-order valence-electron chi connectivity index (χ2n) is 7.86. The first-order valence-electron chi connectivity index (χ1n) is 11.4. The molecule has 0 aliphatic rings. The topological polar surface area (TPSA) is 118 Å². The third kappa shape index (κ3) is 7.63. The van der Waals surface area contributed by atoms with E-state index in [9.17, 15) is 18.8 Å². The highest BCUT2D eigenvalue weighted by Gasteiger charge is 2.15. The van der Waals surface area contributed by atoms with Crippen molar-refractivity contribution < 1.29 is 28.2 Å². The normalized spacial score (nSPS) is 10.6. The fraction of sp³-hybridized carbons (Fsp3) is 0.185. The van der Waals surface area contributed by atoms with Crippen molar-refractivity contribution in [1.29, 1.82) is 0 Å². The molecule has 0 heterocycles. The summed E-state index contributed by atoms with van der Waals surface area (Å²) in [5.74, 6) is -2.41. The van der Waals surface area contributed by atoms with Gasteiger partial charge in [-0.25, -0.2) is 9.82 Å². The number of para-hydroxylation sites is 1. The van der Waals surface area contributed by atoms with Crippen LogP contribution >= 0.6 is 0 Å². The van der Waals surface area contributed by atoms with Crippen LogP contribution in [0.3, 0.4) is 0 Å². The molecule has 3 N–H and O–H groups in total. The fourth-order valence-electron chi connectivity index (χ4n) is 3.17. The molecule has 0 saturated carbocycles. The maximum atomic E-state index is 13.6. The lowest BCUT2D eigenvalue weighted by atomic mass is 10.1. The average Bonchev–Trinajstić information content (AvgIpc) is 2.87. The Hall–Kier alpha value is -4.73. The average molecular weight is 507 g/mol. The molecule has 0 aliphatic heterocycles. The highest BCUT2D eigenvalue weighted by molar-refractivity contribution is 6.39. The van der Waals surface area contributed by atoms with E-state index in [0.717, 1.165) is 22.9 Å². The van der Waals surface area contributed by atoms with Gasteiger partial charge in [0.1, 0.15) is 5.82 Å². The van der Waals surface area contributed by atoms with Crippen molar-refractivity contribution in [3.05, 3.63) is 83.2 Å². The van der Waals surface area contributed by atoms with Gasteiger partial charge in [-0.1, -0.05) is 24.3 Å². The fourth-order valence-corrected chi connectivity index (χ4v) is 3.17. The van der Waals surface area contributed by atoms with Crippen molar-refractivity contribution in [3.8, 4) is 11.5 Å². The van der Waals surface area contributed by atoms with Crippen LogP contribution in [0.15, 0.2) is 65.8 Å². The van der Waals surface area contributed by atoms with Crippen molar-refractivity contribution in [2.45, 2.75) is 20.8 Å². The smallest absolute Gasteiger partial charge is 0.329 e. The molecule has 0 aromatic heterocycles. The number of rotatable bonds is 9. The molecule has 0 radical (unpaired) electrons. The third-order valence-corrected chi connectivity index (χ3v) is 5.21. The van der Waals surface area contributed by atoms with E-state index in [1.165, 1.54) is 24.4 Å².